The number of carboxylic acids is 1. The second kappa shape index (κ2) is 38.3. The van der Waals surface area contributed by atoms with Crippen molar-refractivity contribution in [3.05, 3.63) is 12.2 Å². The van der Waals surface area contributed by atoms with E-state index in [1.165, 1.54) is 128 Å². The topological polar surface area (TPSA) is 142 Å². The van der Waals surface area contributed by atoms with E-state index in [0.717, 1.165) is 51.4 Å². The third-order valence-corrected chi connectivity index (χ3v) is 9.75. The molecule has 0 aliphatic heterocycles. The summed E-state index contributed by atoms with van der Waals surface area (Å²) in [5.74, 6) is -2.39. The molecule has 2 unspecified atom stereocenters. The number of unbranched alkanes of at least 4 members (excludes halogenated alkanes) is 25. The Bertz CT molecular complexity index is 895. The van der Waals surface area contributed by atoms with Gasteiger partial charge < -0.3 is 25.6 Å². The van der Waals surface area contributed by atoms with Crippen molar-refractivity contribution in [3.63, 3.8) is 0 Å². The molecule has 0 saturated heterocycles. The molecule has 2 atom stereocenters. The van der Waals surface area contributed by atoms with Crippen molar-refractivity contribution in [2.75, 3.05) is 13.2 Å². The van der Waals surface area contributed by atoms with Crippen molar-refractivity contribution < 1.29 is 34.1 Å². The number of aliphatic hydroxyl groups is 1. The predicted octanol–water partition coefficient (Wildman–Crippen LogP) is 10.3. The minimum atomic E-state index is -1.39. The quantitative estimate of drug-likeness (QED) is 0.0279. The molecule has 0 bridgehead atoms. The van der Waals surface area contributed by atoms with E-state index in [4.69, 9.17) is 14.9 Å². The molecular weight excluding hydrogens is 656 g/mol. The van der Waals surface area contributed by atoms with Crippen LogP contribution in [0.25, 0.3) is 0 Å². The number of aliphatic carboxylic acids is 1. The molecule has 2 amide bonds. The van der Waals surface area contributed by atoms with Crippen molar-refractivity contribution in [2.45, 2.75) is 225 Å². The Kier molecular flexibility index (Phi) is 36.5. The van der Waals surface area contributed by atoms with Gasteiger partial charge in [-0.05, 0) is 44.6 Å². The summed E-state index contributed by atoms with van der Waals surface area (Å²) < 4.78 is 5.87. The van der Waals surface area contributed by atoms with Crippen molar-refractivity contribution >= 4 is 23.8 Å². The van der Waals surface area contributed by atoms with Crippen LogP contribution >= 0.6 is 0 Å². The molecule has 0 aromatic rings. The van der Waals surface area contributed by atoms with Gasteiger partial charge in [-0.25, -0.2) is 4.79 Å². The van der Waals surface area contributed by atoms with Crippen LogP contribution in [0, 0.1) is 0 Å². The lowest BCUT2D eigenvalue weighted by atomic mass is 10.0. The SMILES string of the molecule is CCCCC/C=C\C(CCCCCCC(=O)NCC(=O)NC(CO)C(=O)O)OC(=O)CCCCCCCCCCCCCCCCCCCCCC. The molecular formula is C43H80N2O7. The summed E-state index contributed by atoms with van der Waals surface area (Å²) in [7, 11) is 0. The zero-order valence-corrected chi connectivity index (χ0v) is 33.6. The second-order valence-electron chi connectivity index (χ2n) is 14.8. The molecule has 52 heavy (non-hydrogen) atoms. The van der Waals surface area contributed by atoms with E-state index in [2.05, 4.69) is 36.6 Å². The van der Waals surface area contributed by atoms with Gasteiger partial charge >= 0.3 is 11.9 Å². The molecule has 9 heteroatoms. The van der Waals surface area contributed by atoms with Gasteiger partial charge in [0.05, 0.1) is 13.2 Å². The Balaban J connectivity index is 3.97. The number of carboxylic acid groups (broad SMARTS) is 1. The number of rotatable bonds is 39. The van der Waals surface area contributed by atoms with Gasteiger partial charge in [0.25, 0.3) is 0 Å². The maximum absolute atomic E-state index is 12.6. The number of hydrogen-bond acceptors (Lipinski definition) is 6. The van der Waals surface area contributed by atoms with E-state index in [9.17, 15) is 19.2 Å². The molecule has 9 nitrogen and oxygen atoms in total. The van der Waals surface area contributed by atoms with Crippen molar-refractivity contribution in [1.82, 2.24) is 10.6 Å². The summed E-state index contributed by atoms with van der Waals surface area (Å²) in [5.41, 5.74) is 0. The van der Waals surface area contributed by atoms with E-state index < -0.39 is 24.5 Å². The van der Waals surface area contributed by atoms with Gasteiger partial charge in [-0.15, -0.1) is 0 Å². The van der Waals surface area contributed by atoms with Gasteiger partial charge in [-0.2, -0.15) is 0 Å². The van der Waals surface area contributed by atoms with Gasteiger partial charge in [0.1, 0.15) is 12.1 Å². The first-order valence-corrected chi connectivity index (χ1v) is 21.6. The second-order valence-corrected chi connectivity index (χ2v) is 14.8. The number of carbonyl (C=O) groups is 4. The molecule has 0 heterocycles. The summed E-state index contributed by atoms with van der Waals surface area (Å²) >= 11 is 0. The molecule has 0 rings (SSSR count). The summed E-state index contributed by atoms with van der Waals surface area (Å²) in [6.07, 6.45) is 40.0. The van der Waals surface area contributed by atoms with Crippen LogP contribution in [0.2, 0.25) is 0 Å². The van der Waals surface area contributed by atoms with Crippen molar-refractivity contribution in [3.8, 4) is 0 Å². The zero-order chi connectivity index (χ0) is 38.3. The maximum atomic E-state index is 12.6. The minimum Gasteiger partial charge on any atom is -0.480 e. The monoisotopic (exact) mass is 737 g/mol. The highest BCUT2D eigenvalue weighted by molar-refractivity contribution is 5.87. The Morgan fingerprint density at radius 3 is 1.50 bits per heavy atom. The molecule has 0 aliphatic rings. The summed E-state index contributed by atoms with van der Waals surface area (Å²) in [6, 6.07) is -1.39. The van der Waals surface area contributed by atoms with Crippen LogP contribution in [0.3, 0.4) is 0 Å². The van der Waals surface area contributed by atoms with Crippen molar-refractivity contribution in [2.24, 2.45) is 0 Å². The van der Waals surface area contributed by atoms with Gasteiger partial charge in [0.15, 0.2) is 0 Å². The smallest absolute Gasteiger partial charge is 0.328 e. The normalized spacial score (nSPS) is 12.5. The first-order chi connectivity index (χ1) is 25.3. The average molecular weight is 737 g/mol. The fourth-order valence-corrected chi connectivity index (χ4v) is 6.39. The van der Waals surface area contributed by atoms with E-state index >= 15 is 0 Å². The van der Waals surface area contributed by atoms with Gasteiger partial charge in [-0.1, -0.05) is 168 Å². The molecule has 0 aromatic carbocycles. The van der Waals surface area contributed by atoms with Crippen LogP contribution in [0.5, 0.6) is 0 Å². The van der Waals surface area contributed by atoms with E-state index in [0.29, 0.717) is 12.8 Å². The van der Waals surface area contributed by atoms with Crippen LogP contribution in [0.4, 0.5) is 0 Å². The lowest BCUT2D eigenvalue weighted by Gasteiger charge is -2.15. The molecule has 0 aliphatic carbocycles. The number of allylic oxidation sites excluding steroid dienone is 1. The van der Waals surface area contributed by atoms with Gasteiger partial charge in [0.2, 0.25) is 11.8 Å². The summed E-state index contributed by atoms with van der Waals surface area (Å²) in [5, 5.41) is 22.5. The Morgan fingerprint density at radius 2 is 1.02 bits per heavy atom. The van der Waals surface area contributed by atoms with E-state index in [1.807, 2.05) is 0 Å². The van der Waals surface area contributed by atoms with Crippen LogP contribution in [-0.2, 0) is 23.9 Å². The number of carbonyl (C=O) groups excluding carboxylic acids is 3. The molecule has 0 aromatic heterocycles. The van der Waals surface area contributed by atoms with E-state index in [-0.39, 0.29) is 30.9 Å². The lowest BCUT2D eigenvalue weighted by molar-refractivity contribution is -0.147. The highest BCUT2D eigenvalue weighted by Crippen LogP contribution is 2.17. The number of hydrogen-bond donors (Lipinski definition) is 4. The van der Waals surface area contributed by atoms with Crippen LogP contribution in [-0.4, -0.2) is 59.3 Å². The largest absolute Gasteiger partial charge is 0.480 e. The Hall–Kier alpha value is -2.42. The zero-order valence-electron chi connectivity index (χ0n) is 33.6. The van der Waals surface area contributed by atoms with Gasteiger partial charge in [-0.3, -0.25) is 14.4 Å². The standard InChI is InChI=1S/C43H80N2O7/c1-3-5-7-9-10-11-12-13-14-15-16-17-18-19-20-21-22-23-25-31-35-42(49)52-38(32-28-24-8-6-4-2)33-29-26-27-30-34-40(47)44-36-41(48)45-39(37-46)43(50)51/h28,32,38-39,46H,3-27,29-31,33-37H2,1-2H3,(H,44,47)(H,45,48)(H,50,51)/b32-28-. The number of ether oxygens (including phenoxy) is 1. The number of amides is 2. The molecule has 4 N–H and O–H groups in total. The number of aliphatic hydroxyl groups excluding tert-OH is 1. The van der Waals surface area contributed by atoms with E-state index in [1.54, 1.807) is 0 Å². The predicted molar refractivity (Wildman–Crippen MR) is 213 cm³/mol. The Labute approximate surface area is 318 Å². The highest BCUT2D eigenvalue weighted by atomic mass is 16.5. The fraction of sp³-hybridized carbons (Fsp3) is 0.860. The van der Waals surface area contributed by atoms with Crippen molar-refractivity contribution in [1.29, 1.82) is 0 Å². The molecule has 0 fully saturated rings. The minimum absolute atomic E-state index is 0.111. The number of esters is 1. The lowest BCUT2D eigenvalue weighted by Crippen LogP contribution is -2.47. The first kappa shape index (κ1) is 49.6. The summed E-state index contributed by atoms with van der Waals surface area (Å²) in [4.78, 5) is 47.3. The van der Waals surface area contributed by atoms with Crippen LogP contribution in [0.1, 0.15) is 213 Å². The van der Waals surface area contributed by atoms with Crippen LogP contribution in [0.15, 0.2) is 12.2 Å². The molecule has 304 valence electrons. The fourth-order valence-electron chi connectivity index (χ4n) is 6.39. The molecule has 0 radical (unpaired) electrons. The van der Waals surface area contributed by atoms with Gasteiger partial charge in [0, 0.05) is 12.8 Å². The molecule has 0 spiro atoms. The first-order valence-electron chi connectivity index (χ1n) is 21.6. The summed E-state index contributed by atoms with van der Waals surface area (Å²) in [6.45, 7) is 3.41. The average Bonchev–Trinajstić information content (AvgIpc) is 3.13. The number of nitrogens with one attached hydrogen (secondary N) is 2. The highest BCUT2D eigenvalue weighted by Gasteiger charge is 2.18. The molecule has 0 saturated carbocycles. The van der Waals surface area contributed by atoms with Crippen LogP contribution < -0.4 is 10.6 Å². The maximum Gasteiger partial charge on any atom is 0.328 e. The third kappa shape index (κ3) is 34.7. The third-order valence-electron chi connectivity index (χ3n) is 9.75. The Morgan fingerprint density at radius 1 is 0.577 bits per heavy atom.